The van der Waals surface area contributed by atoms with Crippen molar-refractivity contribution in [2.45, 2.75) is 0 Å². The van der Waals surface area contributed by atoms with E-state index in [1.165, 1.54) is 6.21 Å². The summed E-state index contributed by atoms with van der Waals surface area (Å²) in [5, 5.41) is 12.3. The Morgan fingerprint density at radius 2 is 1.75 bits per heavy atom. The van der Waals surface area contributed by atoms with E-state index in [9.17, 15) is 5.21 Å². The number of hydrogen-bond donors (Lipinski definition) is 0. The first kappa shape index (κ1) is 10.7. The molecule has 0 bridgehead atoms. The van der Waals surface area contributed by atoms with Gasteiger partial charge in [-0.25, -0.2) is 0 Å². The molecule has 0 N–H and O–H groups in total. The normalized spacial score (nSPS) is 11.4. The van der Waals surface area contributed by atoms with Gasteiger partial charge in [0.1, 0.15) is 0 Å². The fourth-order valence-electron chi connectivity index (χ4n) is 1.36. The number of rotatable bonds is 2. The topological polar surface area (TPSA) is 26.1 Å². The molecule has 80 valence electrons. The summed E-state index contributed by atoms with van der Waals surface area (Å²) in [6.45, 7) is 0. The molecule has 2 aromatic rings. The van der Waals surface area contributed by atoms with Crippen molar-refractivity contribution < 1.29 is 4.74 Å². The molecular formula is C13H10ClNO. The third-order valence-corrected chi connectivity index (χ3v) is 2.36. The quantitative estimate of drug-likeness (QED) is 0.336. The summed E-state index contributed by atoms with van der Waals surface area (Å²) in [5.74, 6) is 0. The predicted molar refractivity (Wildman–Crippen MR) is 66.3 cm³/mol. The molecule has 0 radical (unpaired) electrons. The summed E-state index contributed by atoms with van der Waals surface area (Å²) in [7, 11) is 0. The number of hydrogen-bond acceptors (Lipinski definition) is 1. The molecular weight excluding hydrogens is 222 g/mol. The van der Waals surface area contributed by atoms with E-state index in [1.807, 2.05) is 30.3 Å². The third-order valence-electron chi connectivity index (χ3n) is 2.13. The first-order valence-electron chi connectivity index (χ1n) is 4.87. The van der Waals surface area contributed by atoms with Gasteiger partial charge < -0.3 is 5.21 Å². The summed E-state index contributed by atoms with van der Waals surface area (Å²) in [6.07, 6.45) is 1.52. The molecule has 2 nitrogen and oxygen atoms in total. The summed E-state index contributed by atoms with van der Waals surface area (Å²) in [4.78, 5) is 0. The van der Waals surface area contributed by atoms with Gasteiger partial charge in [0.05, 0.1) is 0 Å². The van der Waals surface area contributed by atoms with Crippen molar-refractivity contribution in [2.24, 2.45) is 0 Å². The highest BCUT2D eigenvalue weighted by Crippen LogP contribution is 2.17. The lowest BCUT2D eigenvalue weighted by molar-refractivity contribution is -0.354. The average molecular weight is 232 g/mol. The molecule has 0 amide bonds. The fraction of sp³-hybridized carbons (Fsp3) is 0. The fourth-order valence-corrected chi connectivity index (χ4v) is 1.55. The minimum atomic E-state index is 0.524. The summed E-state index contributed by atoms with van der Waals surface area (Å²) in [5.41, 5.74) is 1.38. The predicted octanol–water partition coefficient (Wildman–Crippen LogP) is 3.60. The zero-order valence-electron chi connectivity index (χ0n) is 8.51. The highest BCUT2D eigenvalue weighted by atomic mass is 35.5. The van der Waals surface area contributed by atoms with Gasteiger partial charge in [0, 0.05) is 22.7 Å². The second-order valence-electron chi connectivity index (χ2n) is 3.35. The molecule has 0 aliphatic rings. The summed E-state index contributed by atoms with van der Waals surface area (Å²) < 4.78 is 0.807. The highest BCUT2D eigenvalue weighted by molar-refractivity contribution is 6.30. The third kappa shape index (κ3) is 2.61. The van der Waals surface area contributed by atoms with Gasteiger partial charge in [-0.05, 0) is 18.2 Å². The molecule has 2 aromatic carbocycles. The minimum absolute atomic E-state index is 0.524. The molecule has 0 unspecified atom stereocenters. The average Bonchev–Trinajstić information content (AvgIpc) is 2.30. The monoisotopic (exact) mass is 231 g/mol. The second kappa shape index (κ2) is 4.81. The standard InChI is InChI=1S/C13H10ClNO/c14-12-7-4-8-13(9-12)15(16)10-11-5-2-1-3-6-11/h1-10H/b15-10+. The Kier molecular flexibility index (Phi) is 3.22. The van der Waals surface area contributed by atoms with E-state index in [1.54, 1.807) is 24.3 Å². The molecule has 3 heteroatoms. The smallest absolute Gasteiger partial charge is 0.217 e. The molecule has 16 heavy (non-hydrogen) atoms. The Morgan fingerprint density at radius 1 is 1.00 bits per heavy atom. The molecule has 0 aliphatic heterocycles. The van der Waals surface area contributed by atoms with E-state index in [0.29, 0.717) is 10.7 Å². The number of nitrogens with zero attached hydrogens (tertiary/aromatic N) is 1. The van der Waals surface area contributed by atoms with E-state index in [-0.39, 0.29) is 0 Å². The Labute approximate surface area is 99.0 Å². The van der Waals surface area contributed by atoms with Crippen molar-refractivity contribution in [1.29, 1.82) is 0 Å². The van der Waals surface area contributed by atoms with E-state index >= 15 is 0 Å². The van der Waals surface area contributed by atoms with Crippen LogP contribution in [0.25, 0.3) is 0 Å². The van der Waals surface area contributed by atoms with Crippen LogP contribution in [-0.2, 0) is 0 Å². The van der Waals surface area contributed by atoms with Crippen molar-refractivity contribution in [3.63, 3.8) is 0 Å². The molecule has 0 heterocycles. The van der Waals surface area contributed by atoms with Crippen LogP contribution < -0.4 is 0 Å². The van der Waals surface area contributed by atoms with Crippen LogP contribution in [0.15, 0.2) is 54.6 Å². The van der Waals surface area contributed by atoms with Crippen LogP contribution >= 0.6 is 11.6 Å². The lowest BCUT2D eigenvalue weighted by atomic mass is 10.2. The molecule has 0 aliphatic carbocycles. The first-order chi connectivity index (χ1) is 7.75. The second-order valence-corrected chi connectivity index (χ2v) is 3.78. The number of benzene rings is 2. The molecule has 0 saturated carbocycles. The zero-order chi connectivity index (χ0) is 11.4. The highest BCUT2D eigenvalue weighted by Gasteiger charge is 2.01. The van der Waals surface area contributed by atoms with E-state index in [0.717, 1.165) is 10.3 Å². The van der Waals surface area contributed by atoms with Gasteiger partial charge in [-0.15, -0.1) is 0 Å². The van der Waals surface area contributed by atoms with Crippen LogP contribution in [0, 0.1) is 5.21 Å². The van der Waals surface area contributed by atoms with Gasteiger partial charge in [-0.2, -0.15) is 4.74 Å². The SMILES string of the molecule is [O-]/[N+](=C/c1ccccc1)c1cccc(Cl)c1. The summed E-state index contributed by atoms with van der Waals surface area (Å²) in [6, 6.07) is 16.3. The Hall–Kier alpha value is -1.80. The molecule has 0 fully saturated rings. The van der Waals surface area contributed by atoms with Crippen LogP contribution in [0.1, 0.15) is 5.56 Å². The molecule has 0 aromatic heterocycles. The van der Waals surface area contributed by atoms with E-state index < -0.39 is 0 Å². The first-order valence-corrected chi connectivity index (χ1v) is 5.25. The van der Waals surface area contributed by atoms with Crippen molar-refractivity contribution >= 4 is 23.5 Å². The van der Waals surface area contributed by atoms with Crippen LogP contribution in [0.3, 0.4) is 0 Å². The van der Waals surface area contributed by atoms with Gasteiger partial charge in [-0.1, -0.05) is 35.9 Å². The van der Waals surface area contributed by atoms with Crippen molar-refractivity contribution in [3.8, 4) is 0 Å². The Bertz CT molecular complexity index is 508. The van der Waals surface area contributed by atoms with Crippen LogP contribution in [0.2, 0.25) is 5.02 Å². The van der Waals surface area contributed by atoms with Gasteiger partial charge in [-0.3, -0.25) is 0 Å². The van der Waals surface area contributed by atoms with E-state index in [4.69, 9.17) is 11.6 Å². The Balaban J connectivity index is 2.32. The molecule has 0 saturated heterocycles. The van der Waals surface area contributed by atoms with Crippen molar-refractivity contribution in [2.75, 3.05) is 0 Å². The van der Waals surface area contributed by atoms with Crippen LogP contribution in [0.5, 0.6) is 0 Å². The Morgan fingerprint density at radius 3 is 2.44 bits per heavy atom. The maximum absolute atomic E-state index is 11.8. The lowest BCUT2D eigenvalue weighted by Crippen LogP contribution is -1.98. The van der Waals surface area contributed by atoms with Crippen molar-refractivity contribution in [3.05, 3.63) is 70.4 Å². The van der Waals surface area contributed by atoms with Crippen LogP contribution in [0.4, 0.5) is 5.69 Å². The van der Waals surface area contributed by atoms with Gasteiger partial charge in [0.2, 0.25) is 5.69 Å². The molecule has 0 atom stereocenters. The molecule has 0 spiro atoms. The maximum Gasteiger partial charge on any atom is 0.217 e. The van der Waals surface area contributed by atoms with Gasteiger partial charge >= 0.3 is 0 Å². The zero-order valence-corrected chi connectivity index (χ0v) is 9.26. The van der Waals surface area contributed by atoms with E-state index in [2.05, 4.69) is 0 Å². The number of halogens is 1. The minimum Gasteiger partial charge on any atom is -0.618 e. The lowest BCUT2D eigenvalue weighted by Gasteiger charge is -2.02. The van der Waals surface area contributed by atoms with Crippen LogP contribution in [-0.4, -0.2) is 11.0 Å². The largest absolute Gasteiger partial charge is 0.618 e. The van der Waals surface area contributed by atoms with Gasteiger partial charge in [0.25, 0.3) is 0 Å². The van der Waals surface area contributed by atoms with Crippen molar-refractivity contribution in [1.82, 2.24) is 0 Å². The summed E-state index contributed by atoms with van der Waals surface area (Å²) >= 11 is 5.81. The maximum atomic E-state index is 11.8. The van der Waals surface area contributed by atoms with Gasteiger partial charge in [0.15, 0.2) is 6.21 Å². The molecule has 2 rings (SSSR count).